The summed E-state index contributed by atoms with van der Waals surface area (Å²) in [7, 11) is 0. The third-order valence-corrected chi connectivity index (χ3v) is 2.47. The molecule has 84 valence electrons. The highest BCUT2D eigenvalue weighted by Gasteiger charge is 2.15. The van der Waals surface area contributed by atoms with Crippen molar-refractivity contribution in [2.45, 2.75) is 53.0 Å². The predicted octanol–water partition coefficient (Wildman–Crippen LogP) is 2.34. The van der Waals surface area contributed by atoms with E-state index in [4.69, 9.17) is 0 Å². The van der Waals surface area contributed by atoms with Crippen molar-refractivity contribution in [3.8, 4) is 0 Å². The van der Waals surface area contributed by atoms with E-state index in [1.165, 1.54) is 0 Å². The van der Waals surface area contributed by atoms with Crippen LogP contribution in [0.2, 0.25) is 0 Å². The molecule has 0 saturated carbocycles. The number of hydrogen-bond donors (Lipinski definition) is 0. The molecule has 0 N–H and O–H groups in total. The molecule has 0 bridgehead atoms. The van der Waals surface area contributed by atoms with Gasteiger partial charge in [0.15, 0.2) is 0 Å². The minimum atomic E-state index is 0.0376. The molecular formula is C12H20N2O. The smallest absolute Gasteiger partial charge is 0.267 e. The lowest BCUT2D eigenvalue weighted by atomic mass is 10.2. The van der Waals surface area contributed by atoms with E-state index < -0.39 is 0 Å². The zero-order chi connectivity index (χ0) is 11.4. The van der Waals surface area contributed by atoms with Crippen LogP contribution in [0.4, 0.5) is 0 Å². The largest absolute Gasteiger partial charge is 0.268 e. The van der Waals surface area contributed by atoms with Gasteiger partial charge in [0, 0.05) is 6.07 Å². The Morgan fingerprint density at radius 1 is 1.33 bits per heavy atom. The first-order valence-electron chi connectivity index (χ1n) is 5.80. The van der Waals surface area contributed by atoms with Crippen molar-refractivity contribution in [1.29, 1.82) is 0 Å². The minimum absolute atomic E-state index is 0.0376. The Balaban J connectivity index is 0.000000531. The lowest BCUT2D eigenvalue weighted by Crippen LogP contribution is -2.25. The summed E-state index contributed by atoms with van der Waals surface area (Å²) in [6.07, 6.45) is 3.20. The van der Waals surface area contributed by atoms with E-state index in [-0.39, 0.29) is 11.6 Å². The maximum atomic E-state index is 11.5. The molecule has 1 heterocycles. The second-order valence-corrected chi connectivity index (χ2v) is 3.85. The summed E-state index contributed by atoms with van der Waals surface area (Å²) in [5, 5.41) is 4.36. The maximum Gasteiger partial charge on any atom is 0.267 e. The Morgan fingerprint density at radius 2 is 2.00 bits per heavy atom. The van der Waals surface area contributed by atoms with Crippen molar-refractivity contribution in [3.05, 3.63) is 27.7 Å². The average molecular weight is 208 g/mol. The second-order valence-electron chi connectivity index (χ2n) is 3.85. The highest BCUT2D eigenvalue weighted by Crippen LogP contribution is 2.17. The molecule has 0 spiro atoms. The standard InChI is InChI=1S/C10H14N2O.C2H6/c1-7(2)12-10(13)6-8-4-3-5-9(8)11-12;1-2/h6-7H,3-5H2,1-2H3;1-2H3. The van der Waals surface area contributed by atoms with Gasteiger partial charge in [-0.3, -0.25) is 4.79 Å². The van der Waals surface area contributed by atoms with Crippen LogP contribution in [0.1, 0.15) is 51.4 Å². The van der Waals surface area contributed by atoms with Gasteiger partial charge >= 0.3 is 0 Å². The van der Waals surface area contributed by atoms with E-state index in [9.17, 15) is 4.79 Å². The van der Waals surface area contributed by atoms with Crippen LogP contribution in [0, 0.1) is 0 Å². The number of rotatable bonds is 1. The molecule has 2 rings (SSSR count). The molecule has 0 atom stereocenters. The highest BCUT2D eigenvalue weighted by molar-refractivity contribution is 5.22. The van der Waals surface area contributed by atoms with Crippen LogP contribution < -0.4 is 5.56 Å². The Labute approximate surface area is 91.1 Å². The zero-order valence-electron chi connectivity index (χ0n) is 10.1. The molecule has 0 radical (unpaired) electrons. The molecule has 1 aliphatic carbocycles. The van der Waals surface area contributed by atoms with Crippen LogP contribution in [0.3, 0.4) is 0 Å². The molecule has 0 aliphatic heterocycles. The van der Waals surface area contributed by atoms with Gasteiger partial charge in [0.2, 0.25) is 0 Å². The van der Waals surface area contributed by atoms with E-state index in [0.717, 1.165) is 30.5 Å². The zero-order valence-corrected chi connectivity index (χ0v) is 10.1. The molecule has 1 aliphatic rings. The average Bonchev–Trinajstić information content (AvgIpc) is 2.66. The van der Waals surface area contributed by atoms with E-state index in [0.29, 0.717) is 0 Å². The van der Waals surface area contributed by atoms with Crippen molar-refractivity contribution in [2.24, 2.45) is 0 Å². The summed E-state index contributed by atoms with van der Waals surface area (Å²) < 4.78 is 1.57. The SMILES string of the molecule is CC.CC(C)n1nc2c(cc1=O)CCC2. The lowest BCUT2D eigenvalue weighted by Gasteiger charge is -2.09. The van der Waals surface area contributed by atoms with E-state index in [2.05, 4.69) is 5.10 Å². The van der Waals surface area contributed by atoms with E-state index >= 15 is 0 Å². The normalized spacial score (nSPS) is 13.4. The maximum absolute atomic E-state index is 11.5. The number of hydrogen-bond acceptors (Lipinski definition) is 2. The Kier molecular flexibility index (Phi) is 4.06. The fourth-order valence-corrected chi connectivity index (χ4v) is 1.79. The van der Waals surface area contributed by atoms with Crippen LogP contribution >= 0.6 is 0 Å². The number of aromatic nitrogens is 2. The monoisotopic (exact) mass is 208 g/mol. The number of nitrogens with zero attached hydrogens (tertiary/aromatic N) is 2. The third-order valence-electron chi connectivity index (χ3n) is 2.47. The summed E-state index contributed by atoms with van der Waals surface area (Å²) in [6.45, 7) is 7.96. The van der Waals surface area contributed by atoms with Gasteiger partial charge in [0.05, 0.1) is 11.7 Å². The second kappa shape index (κ2) is 5.10. The van der Waals surface area contributed by atoms with Gasteiger partial charge in [-0.05, 0) is 38.7 Å². The van der Waals surface area contributed by atoms with Crippen molar-refractivity contribution in [1.82, 2.24) is 9.78 Å². The Morgan fingerprint density at radius 3 is 2.60 bits per heavy atom. The molecule has 3 nitrogen and oxygen atoms in total. The molecule has 0 fully saturated rings. The highest BCUT2D eigenvalue weighted by atomic mass is 16.1. The quantitative estimate of drug-likeness (QED) is 0.710. The fourth-order valence-electron chi connectivity index (χ4n) is 1.79. The van der Waals surface area contributed by atoms with Crippen molar-refractivity contribution < 1.29 is 0 Å². The van der Waals surface area contributed by atoms with Crippen LogP contribution in [0.15, 0.2) is 10.9 Å². The topological polar surface area (TPSA) is 34.9 Å². The minimum Gasteiger partial charge on any atom is -0.268 e. The predicted molar refractivity (Wildman–Crippen MR) is 62.3 cm³/mol. The first-order chi connectivity index (χ1) is 7.18. The summed E-state index contributed by atoms with van der Waals surface area (Å²) >= 11 is 0. The van der Waals surface area contributed by atoms with Crippen LogP contribution in [0.5, 0.6) is 0 Å². The van der Waals surface area contributed by atoms with Crippen molar-refractivity contribution >= 4 is 0 Å². The van der Waals surface area contributed by atoms with Gasteiger partial charge in [-0.2, -0.15) is 5.10 Å². The van der Waals surface area contributed by atoms with Crippen molar-refractivity contribution in [2.75, 3.05) is 0 Å². The lowest BCUT2D eigenvalue weighted by molar-refractivity contribution is 0.494. The molecule has 1 aromatic rings. The van der Waals surface area contributed by atoms with Gasteiger partial charge in [0.1, 0.15) is 0 Å². The van der Waals surface area contributed by atoms with Gasteiger partial charge in [-0.25, -0.2) is 4.68 Å². The first kappa shape index (κ1) is 12.0. The molecule has 0 amide bonds. The molecule has 0 aromatic carbocycles. The van der Waals surface area contributed by atoms with Gasteiger partial charge in [-0.15, -0.1) is 0 Å². The number of aryl methyl sites for hydroxylation is 2. The van der Waals surface area contributed by atoms with Crippen LogP contribution in [-0.4, -0.2) is 9.78 Å². The van der Waals surface area contributed by atoms with Gasteiger partial charge in [0.25, 0.3) is 5.56 Å². The summed E-state index contributed by atoms with van der Waals surface area (Å²) in [4.78, 5) is 11.5. The Hall–Kier alpha value is -1.12. The third kappa shape index (κ3) is 2.46. The van der Waals surface area contributed by atoms with Crippen molar-refractivity contribution in [3.63, 3.8) is 0 Å². The summed E-state index contributed by atoms with van der Waals surface area (Å²) in [6, 6.07) is 1.91. The molecule has 1 aromatic heterocycles. The fraction of sp³-hybridized carbons (Fsp3) is 0.667. The molecule has 0 saturated heterocycles. The Bertz CT molecular complexity index is 380. The van der Waals surface area contributed by atoms with E-state index in [1.807, 2.05) is 27.7 Å². The van der Waals surface area contributed by atoms with Crippen LogP contribution in [-0.2, 0) is 12.8 Å². The van der Waals surface area contributed by atoms with E-state index in [1.54, 1.807) is 10.7 Å². The van der Waals surface area contributed by atoms with Gasteiger partial charge in [-0.1, -0.05) is 13.8 Å². The summed E-state index contributed by atoms with van der Waals surface area (Å²) in [5.41, 5.74) is 2.31. The molecule has 3 heteroatoms. The number of fused-ring (bicyclic) bond motifs is 1. The summed E-state index contributed by atoms with van der Waals surface area (Å²) in [5.74, 6) is 0. The molecule has 15 heavy (non-hydrogen) atoms. The molecular weight excluding hydrogens is 188 g/mol. The molecule has 0 unspecified atom stereocenters. The first-order valence-corrected chi connectivity index (χ1v) is 5.80. The van der Waals surface area contributed by atoms with Gasteiger partial charge < -0.3 is 0 Å². The van der Waals surface area contributed by atoms with Crippen LogP contribution in [0.25, 0.3) is 0 Å².